The number of rotatable bonds is 6. The second-order valence-corrected chi connectivity index (χ2v) is 5.38. The third-order valence-corrected chi connectivity index (χ3v) is 3.34. The van der Waals surface area contributed by atoms with Crippen molar-refractivity contribution in [2.24, 2.45) is 0 Å². The Labute approximate surface area is 121 Å². The van der Waals surface area contributed by atoms with Crippen LogP contribution in [0.1, 0.15) is 11.1 Å². The van der Waals surface area contributed by atoms with Crippen molar-refractivity contribution in [2.75, 3.05) is 6.61 Å². The Bertz CT molecular complexity index is 505. The van der Waals surface area contributed by atoms with E-state index in [1.165, 1.54) is 5.56 Å². The quantitative estimate of drug-likeness (QED) is 0.859. The van der Waals surface area contributed by atoms with E-state index >= 15 is 0 Å². The number of halogens is 1. The second-order valence-electron chi connectivity index (χ2n) is 4.46. The van der Waals surface area contributed by atoms with Crippen molar-refractivity contribution in [1.82, 2.24) is 10.3 Å². The van der Waals surface area contributed by atoms with Gasteiger partial charge in [-0.15, -0.1) is 0 Å². The molecule has 3 nitrogen and oxygen atoms in total. The molecule has 1 aromatic heterocycles. The summed E-state index contributed by atoms with van der Waals surface area (Å²) in [6.07, 6.45) is 4.41. The molecular weight excluding hydrogens is 304 g/mol. The Morgan fingerprint density at radius 1 is 1.16 bits per heavy atom. The van der Waals surface area contributed by atoms with Crippen LogP contribution in [0.5, 0.6) is 0 Å². The van der Waals surface area contributed by atoms with Gasteiger partial charge in [0.15, 0.2) is 0 Å². The van der Waals surface area contributed by atoms with Crippen molar-refractivity contribution in [1.29, 1.82) is 0 Å². The molecule has 100 valence electrons. The monoisotopic (exact) mass is 320 g/mol. The lowest BCUT2D eigenvalue weighted by Gasteiger charge is -2.16. The topological polar surface area (TPSA) is 45.1 Å². The fourth-order valence-electron chi connectivity index (χ4n) is 1.91. The van der Waals surface area contributed by atoms with Crippen LogP contribution < -0.4 is 5.32 Å². The highest BCUT2D eigenvalue weighted by molar-refractivity contribution is 9.10. The molecule has 0 saturated heterocycles. The average Bonchev–Trinajstić information content (AvgIpc) is 2.44. The number of aromatic nitrogens is 1. The van der Waals surface area contributed by atoms with Gasteiger partial charge in [-0.2, -0.15) is 0 Å². The molecule has 2 aromatic rings. The molecule has 0 aliphatic carbocycles. The summed E-state index contributed by atoms with van der Waals surface area (Å²) in [6.45, 7) is 0.820. The summed E-state index contributed by atoms with van der Waals surface area (Å²) in [5.74, 6) is 0. The molecule has 0 aliphatic rings. The van der Waals surface area contributed by atoms with E-state index in [0.29, 0.717) is 6.54 Å². The van der Waals surface area contributed by atoms with Gasteiger partial charge in [0.05, 0.1) is 6.61 Å². The molecule has 0 amide bonds. The van der Waals surface area contributed by atoms with E-state index in [1.807, 2.05) is 30.5 Å². The van der Waals surface area contributed by atoms with Crippen LogP contribution in [0, 0.1) is 0 Å². The summed E-state index contributed by atoms with van der Waals surface area (Å²) in [7, 11) is 0. The molecular formula is C15H17BrN2O. The Hall–Kier alpha value is -1.23. The number of pyridine rings is 1. The van der Waals surface area contributed by atoms with Crippen LogP contribution >= 0.6 is 15.9 Å². The van der Waals surface area contributed by atoms with Gasteiger partial charge in [0.25, 0.3) is 0 Å². The SMILES string of the molecule is OC[C@@H](Cc1ccccc1)NCc1cncc(Br)c1. The van der Waals surface area contributed by atoms with Gasteiger partial charge in [0, 0.05) is 29.5 Å². The highest BCUT2D eigenvalue weighted by Gasteiger charge is 2.08. The number of hydrogen-bond acceptors (Lipinski definition) is 3. The number of aliphatic hydroxyl groups is 1. The normalized spacial score (nSPS) is 12.3. The minimum atomic E-state index is 0.0568. The summed E-state index contributed by atoms with van der Waals surface area (Å²) in [6, 6.07) is 12.3. The standard InChI is InChI=1S/C15H17BrN2O/c16-14-6-13(8-17-10-14)9-18-15(11-19)7-12-4-2-1-3-5-12/h1-6,8,10,15,18-19H,7,9,11H2/t15-/m1/s1. The van der Waals surface area contributed by atoms with E-state index < -0.39 is 0 Å². The van der Waals surface area contributed by atoms with Crippen LogP contribution in [0.25, 0.3) is 0 Å². The van der Waals surface area contributed by atoms with E-state index in [2.05, 4.69) is 38.4 Å². The first-order valence-electron chi connectivity index (χ1n) is 6.25. The molecule has 0 radical (unpaired) electrons. The summed E-state index contributed by atoms with van der Waals surface area (Å²) >= 11 is 3.40. The predicted molar refractivity (Wildman–Crippen MR) is 79.8 cm³/mol. The maximum Gasteiger partial charge on any atom is 0.0587 e. The maximum absolute atomic E-state index is 9.43. The molecule has 1 aromatic carbocycles. The number of aliphatic hydroxyl groups excluding tert-OH is 1. The van der Waals surface area contributed by atoms with Crippen LogP contribution in [0.2, 0.25) is 0 Å². The van der Waals surface area contributed by atoms with Gasteiger partial charge >= 0.3 is 0 Å². The van der Waals surface area contributed by atoms with Crippen LogP contribution in [0.4, 0.5) is 0 Å². The lowest BCUT2D eigenvalue weighted by atomic mass is 10.1. The molecule has 4 heteroatoms. The first-order chi connectivity index (χ1) is 9.28. The Morgan fingerprint density at radius 3 is 2.63 bits per heavy atom. The van der Waals surface area contributed by atoms with Gasteiger partial charge in [0.2, 0.25) is 0 Å². The molecule has 0 bridgehead atoms. The summed E-state index contributed by atoms with van der Waals surface area (Å²) in [4.78, 5) is 4.12. The highest BCUT2D eigenvalue weighted by atomic mass is 79.9. The molecule has 1 heterocycles. The van der Waals surface area contributed by atoms with Gasteiger partial charge in [-0.1, -0.05) is 30.3 Å². The average molecular weight is 321 g/mol. The lowest BCUT2D eigenvalue weighted by molar-refractivity contribution is 0.241. The third-order valence-electron chi connectivity index (χ3n) is 2.90. The van der Waals surface area contributed by atoms with E-state index in [0.717, 1.165) is 16.5 Å². The van der Waals surface area contributed by atoms with Crippen molar-refractivity contribution in [2.45, 2.75) is 19.0 Å². The van der Waals surface area contributed by atoms with E-state index in [-0.39, 0.29) is 12.6 Å². The molecule has 0 spiro atoms. The van der Waals surface area contributed by atoms with Crippen LogP contribution in [0.3, 0.4) is 0 Å². The lowest BCUT2D eigenvalue weighted by Crippen LogP contribution is -2.34. The van der Waals surface area contributed by atoms with Crippen LogP contribution in [-0.4, -0.2) is 22.7 Å². The van der Waals surface area contributed by atoms with E-state index in [9.17, 15) is 5.11 Å². The van der Waals surface area contributed by atoms with Crippen molar-refractivity contribution in [3.63, 3.8) is 0 Å². The smallest absolute Gasteiger partial charge is 0.0587 e. The molecule has 0 saturated carbocycles. The molecule has 2 rings (SSSR count). The number of hydrogen-bond donors (Lipinski definition) is 2. The molecule has 1 atom stereocenters. The molecule has 2 N–H and O–H groups in total. The number of benzene rings is 1. The molecule has 19 heavy (non-hydrogen) atoms. The van der Waals surface area contributed by atoms with E-state index in [1.54, 1.807) is 6.20 Å². The first-order valence-corrected chi connectivity index (χ1v) is 7.05. The fraction of sp³-hybridized carbons (Fsp3) is 0.267. The third kappa shape index (κ3) is 4.74. The molecule has 0 fully saturated rings. The largest absolute Gasteiger partial charge is 0.395 e. The van der Waals surface area contributed by atoms with Gasteiger partial charge < -0.3 is 10.4 Å². The van der Waals surface area contributed by atoms with Gasteiger partial charge in [0.1, 0.15) is 0 Å². The van der Waals surface area contributed by atoms with Crippen molar-refractivity contribution < 1.29 is 5.11 Å². The molecule has 0 unspecified atom stereocenters. The minimum absolute atomic E-state index is 0.0568. The first kappa shape index (κ1) is 14.2. The van der Waals surface area contributed by atoms with E-state index in [4.69, 9.17) is 0 Å². The summed E-state index contributed by atoms with van der Waals surface area (Å²) < 4.78 is 0.968. The zero-order chi connectivity index (χ0) is 13.5. The Kier molecular flexibility index (Phi) is 5.51. The van der Waals surface area contributed by atoms with Crippen LogP contribution in [-0.2, 0) is 13.0 Å². The predicted octanol–water partition coefficient (Wildman–Crippen LogP) is 2.54. The zero-order valence-electron chi connectivity index (χ0n) is 10.6. The van der Waals surface area contributed by atoms with Crippen LogP contribution in [0.15, 0.2) is 53.3 Å². The minimum Gasteiger partial charge on any atom is -0.395 e. The molecule has 0 aliphatic heterocycles. The zero-order valence-corrected chi connectivity index (χ0v) is 12.2. The highest BCUT2D eigenvalue weighted by Crippen LogP contribution is 2.10. The number of nitrogens with one attached hydrogen (secondary N) is 1. The summed E-state index contributed by atoms with van der Waals surface area (Å²) in [5, 5.41) is 12.8. The Balaban J connectivity index is 1.89. The second kappa shape index (κ2) is 7.38. The Morgan fingerprint density at radius 2 is 1.95 bits per heavy atom. The van der Waals surface area contributed by atoms with Gasteiger partial charge in [-0.05, 0) is 39.5 Å². The van der Waals surface area contributed by atoms with Crippen molar-refractivity contribution >= 4 is 15.9 Å². The van der Waals surface area contributed by atoms with Gasteiger partial charge in [-0.25, -0.2) is 0 Å². The number of nitrogens with zero attached hydrogens (tertiary/aromatic N) is 1. The van der Waals surface area contributed by atoms with Crippen molar-refractivity contribution in [3.05, 3.63) is 64.4 Å². The van der Waals surface area contributed by atoms with Gasteiger partial charge in [-0.3, -0.25) is 4.98 Å². The maximum atomic E-state index is 9.43. The fourth-order valence-corrected chi connectivity index (χ4v) is 2.33. The van der Waals surface area contributed by atoms with Crippen molar-refractivity contribution in [3.8, 4) is 0 Å². The summed E-state index contributed by atoms with van der Waals surface area (Å²) in [5.41, 5.74) is 2.32.